The van der Waals surface area contributed by atoms with E-state index in [0.717, 1.165) is 5.56 Å². The van der Waals surface area contributed by atoms with Gasteiger partial charge >= 0.3 is 5.97 Å². The van der Waals surface area contributed by atoms with Gasteiger partial charge in [-0.25, -0.2) is 9.78 Å². The molecule has 0 unspecified atom stereocenters. The number of carbonyl (C=O) groups is 1. The third-order valence-electron chi connectivity index (χ3n) is 4.23. The molecule has 0 saturated heterocycles. The quantitative estimate of drug-likeness (QED) is 0.469. The van der Waals surface area contributed by atoms with Crippen molar-refractivity contribution < 1.29 is 15.0 Å². The number of hydrogen-bond donors (Lipinski definition) is 4. The summed E-state index contributed by atoms with van der Waals surface area (Å²) in [6.45, 7) is 1.94. The first-order valence-corrected chi connectivity index (χ1v) is 8.27. The lowest BCUT2D eigenvalue weighted by Crippen LogP contribution is -2.37. The van der Waals surface area contributed by atoms with Gasteiger partial charge in [-0.05, 0) is 18.1 Å². The summed E-state index contributed by atoms with van der Waals surface area (Å²) in [7, 11) is 0. The minimum atomic E-state index is -1.41. The maximum atomic E-state index is 12.0. The number of nitrogens with one attached hydrogen (secondary N) is 2. The highest BCUT2D eigenvalue weighted by molar-refractivity contribution is 5.92. The number of benzene rings is 1. The molecular formula is C19H17N3O5. The van der Waals surface area contributed by atoms with Crippen molar-refractivity contribution in [1.29, 1.82) is 0 Å². The lowest BCUT2D eigenvalue weighted by atomic mass is 10.0. The van der Waals surface area contributed by atoms with Crippen molar-refractivity contribution in [2.24, 2.45) is 0 Å². The normalized spacial score (nSPS) is 11.9. The molecule has 0 saturated carbocycles. The van der Waals surface area contributed by atoms with Crippen molar-refractivity contribution in [3.05, 3.63) is 74.3 Å². The summed E-state index contributed by atoms with van der Waals surface area (Å²) in [4.78, 5) is 38.7. The molecule has 0 aliphatic rings. The third kappa shape index (κ3) is 3.37. The molecule has 27 heavy (non-hydrogen) atoms. The number of hydrogen-bond acceptors (Lipinski definition) is 7. The fraction of sp³-hybridized carbons (Fsp3) is 0.158. The van der Waals surface area contributed by atoms with Crippen LogP contribution in [0.2, 0.25) is 0 Å². The number of rotatable bonds is 7. The highest BCUT2D eigenvalue weighted by Crippen LogP contribution is 2.31. The maximum Gasteiger partial charge on any atom is 0.358 e. The van der Waals surface area contributed by atoms with Crippen molar-refractivity contribution in [3.8, 4) is 5.75 Å². The second-order valence-corrected chi connectivity index (χ2v) is 5.91. The van der Waals surface area contributed by atoms with E-state index >= 15 is 0 Å². The van der Waals surface area contributed by atoms with E-state index in [4.69, 9.17) is 5.11 Å². The third-order valence-corrected chi connectivity index (χ3v) is 4.23. The van der Waals surface area contributed by atoms with Gasteiger partial charge in [0.1, 0.15) is 11.4 Å². The molecule has 0 amide bonds. The Morgan fingerprint density at radius 1 is 1.11 bits per heavy atom. The van der Waals surface area contributed by atoms with Gasteiger partial charge in [-0.3, -0.25) is 9.59 Å². The Bertz CT molecular complexity index is 1060. The van der Waals surface area contributed by atoms with Crippen LogP contribution in [0.15, 0.2) is 52.2 Å². The molecule has 1 atom stereocenters. The molecule has 3 rings (SSSR count). The molecule has 4 N–H and O–H groups in total. The number of aromatic hydroxyl groups is 1. The van der Waals surface area contributed by atoms with Crippen LogP contribution in [-0.2, 0) is 0 Å². The Morgan fingerprint density at radius 2 is 1.78 bits per heavy atom. The van der Waals surface area contributed by atoms with E-state index in [2.05, 4.69) is 15.6 Å². The lowest BCUT2D eigenvalue weighted by molar-refractivity contribution is 0.0687. The van der Waals surface area contributed by atoms with Gasteiger partial charge in [0.2, 0.25) is 0 Å². The Morgan fingerprint density at radius 3 is 2.41 bits per heavy atom. The molecule has 1 heterocycles. The average Bonchev–Trinajstić information content (AvgIpc) is 2.68. The van der Waals surface area contributed by atoms with Gasteiger partial charge in [-0.15, -0.1) is 0 Å². The predicted octanol–water partition coefficient (Wildman–Crippen LogP) is 2.39. The van der Waals surface area contributed by atoms with Crippen molar-refractivity contribution in [3.63, 3.8) is 0 Å². The van der Waals surface area contributed by atoms with Crippen molar-refractivity contribution >= 4 is 23.0 Å². The molecular weight excluding hydrogens is 350 g/mol. The zero-order valence-corrected chi connectivity index (χ0v) is 14.4. The number of aromatic carboxylic acids is 1. The van der Waals surface area contributed by atoms with E-state index < -0.39 is 28.3 Å². The van der Waals surface area contributed by atoms with Crippen LogP contribution in [0.1, 0.15) is 35.4 Å². The van der Waals surface area contributed by atoms with E-state index in [-0.39, 0.29) is 23.1 Å². The van der Waals surface area contributed by atoms with E-state index in [1.807, 2.05) is 37.3 Å². The van der Waals surface area contributed by atoms with Crippen LogP contribution >= 0.6 is 0 Å². The van der Waals surface area contributed by atoms with Crippen LogP contribution in [0.3, 0.4) is 0 Å². The molecule has 0 spiro atoms. The van der Waals surface area contributed by atoms with E-state index in [1.54, 1.807) is 0 Å². The summed E-state index contributed by atoms with van der Waals surface area (Å²) < 4.78 is 0. The van der Waals surface area contributed by atoms with Crippen LogP contribution in [0.25, 0.3) is 0 Å². The van der Waals surface area contributed by atoms with Crippen molar-refractivity contribution in [2.75, 3.05) is 10.6 Å². The number of carboxylic acid groups (broad SMARTS) is 1. The molecule has 8 nitrogen and oxygen atoms in total. The Labute approximate surface area is 153 Å². The largest absolute Gasteiger partial charge is 0.504 e. The van der Waals surface area contributed by atoms with Gasteiger partial charge in [0.15, 0.2) is 11.4 Å². The molecule has 8 heteroatoms. The molecule has 1 aromatic heterocycles. The fourth-order valence-electron chi connectivity index (χ4n) is 2.78. The first-order chi connectivity index (χ1) is 12.9. The van der Waals surface area contributed by atoms with Crippen LogP contribution in [0.5, 0.6) is 5.75 Å². The van der Waals surface area contributed by atoms with Gasteiger partial charge in [-0.2, -0.15) is 0 Å². The number of aromatic nitrogens is 1. The summed E-state index contributed by atoms with van der Waals surface area (Å²) in [6.07, 6.45) is 1.86. The van der Waals surface area contributed by atoms with Gasteiger partial charge in [0.25, 0.3) is 10.9 Å². The SMILES string of the molecule is CC[C@@H](Nc1c(Nc2ccnc(C(=O)O)c2O)c(=O)c1=O)c1ccccc1. The average molecular weight is 367 g/mol. The van der Waals surface area contributed by atoms with E-state index in [9.17, 15) is 19.5 Å². The number of pyridine rings is 1. The highest BCUT2D eigenvalue weighted by atomic mass is 16.4. The summed E-state index contributed by atoms with van der Waals surface area (Å²) in [5.74, 6) is -2.02. The Kier molecular flexibility index (Phi) is 4.89. The van der Waals surface area contributed by atoms with Gasteiger partial charge in [0, 0.05) is 6.20 Å². The monoisotopic (exact) mass is 367 g/mol. The minimum absolute atomic E-state index is 0.0211. The zero-order valence-electron chi connectivity index (χ0n) is 14.4. The molecule has 0 radical (unpaired) electrons. The Hall–Kier alpha value is -3.68. The molecule has 0 bridgehead atoms. The molecule has 138 valence electrons. The number of anilines is 3. The Balaban J connectivity index is 1.91. The van der Waals surface area contributed by atoms with Crippen LogP contribution in [-0.4, -0.2) is 21.2 Å². The van der Waals surface area contributed by atoms with Gasteiger partial charge in [0.05, 0.1) is 11.7 Å². The summed E-state index contributed by atoms with van der Waals surface area (Å²) in [5, 5.41) is 24.8. The van der Waals surface area contributed by atoms with E-state index in [0.29, 0.717) is 6.42 Å². The second-order valence-electron chi connectivity index (χ2n) is 5.91. The minimum Gasteiger partial charge on any atom is -0.504 e. The standard InChI is InChI=1S/C19H17N3O5/c1-2-11(10-6-4-3-5-7-10)21-13-14(18(25)17(13)24)22-12-8-9-20-15(16(12)23)19(26)27/h3-9,11,21,23H,2H2,1H3,(H,20,22)(H,26,27)/t11-/m1/s1. The second kappa shape index (κ2) is 7.28. The predicted molar refractivity (Wildman–Crippen MR) is 101 cm³/mol. The fourth-order valence-corrected chi connectivity index (χ4v) is 2.78. The molecule has 0 fully saturated rings. The molecule has 3 aromatic rings. The number of nitrogens with zero attached hydrogens (tertiary/aromatic N) is 1. The van der Waals surface area contributed by atoms with Crippen LogP contribution < -0.4 is 21.5 Å². The molecule has 0 aliphatic heterocycles. The zero-order chi connectivity index (χ0) is 19.6. The van der Waals surface area contributed by atoms with E-state index in [1.165, 1.54) is 12.3 Å². The van der Waals surface area contributed by atoms with Crippen LogP contribution in [0, 0.1) is 0 Å². The first-order valence-electron chi connectivity index (χ1n) is 8.27. The van der Waals surface area contributed by atoms with Crippen LogP contribution in [0.4, 0.5) is 17.1 Å². The lowest BCUT2D eigenvalue weighted by Gasteiger charge is -2.22. The summed E-state index contributed by atoms with van der Waals surface area (Å²) in [6, 6.07) is 10.6. The van der Waals surface area contributed by atoms with Crippen molar-refractivity contribution in [2.45, 2.75) is 19.4 Å². The first kappa shape index (κ1) is 18.1. The smallest absolute Gasteiger partial charge is 0.358 e. The number of carboxylic acids is 1. The summed E-state index contributed by atoms with van der Waals surface area (Å²) in [5.41, 5.74) is -0.948. The molecule has 2 aromatic carbocycles. The summed E-state index contributed by atoms with van der Waals surface area (Å²) >= 11 is 0. The van der Waals surface area contributed by atoms with Gasteiger partial charge < -0.3 is 20.8 Å². The highest BCUT2D eigenvalue weighted by Gasteiger charge is 2.25. The van der Waals surface area contributed by atoms with Crippen molar-refractivity contribution in [1.82, 2.24) is 4.98 Å². The topological polar surface area (TPSA) is 129 Å². The maximum absolute atomic E-state index is 12.0. The van der Waals surface area contributed by atoms with Gasteiger partial charge in [-0.1, -0.05) is 37.3 Å². The molecule has 0 aliphatic carbocycles.